The van der Waals surface area contributed by atoms with Crippen molar-refractivity contribution in [2.24, 2.45) is 0 Å². The van der Waals surface area contributed by atoms with E-state index in [1.807, 2.05) is 6.08 Å². The summed E-state index contributed by atoms with van der Waals surface area (Å²) in [5, 5.41) is 30.4. The van der Waals surface area contributed by atoms with Crippen molar-refractivity contribution < 1.29 is 34.2 Å². The van der Waals surface area contributed by atoms with Crippen LogP contribution in [0, 0.1) is 0 Å². The normalized spacial score (nSPS) is 17.6. The topological polar surface area (TPSA) is 115 Å². The molecule has 0 spiro atoms. The predicted molar refractivity (Wildman–Crippen MR) is 91.7 cm³/mol. The average Bonchev–Trinajstić information content (AvgIpc) is 2.55. The van der Waals surface area contributed by atoms with Crippen molar-refractivity contribution in [2.75, 3.05) is 6.54 Å². The van der Waals surface area contributed by atoms with Gasteiger partial charge in [0, 0.05) is 0 Å². The Labute approximate surface area is 149 Å². The largest absolute Gasteiger partial charge is 0.544 e. The van der Waals surface area contributed by atoms with Crippen LogP contribution in [0.25, 0.3) is 0 Å². The molecule has 0 heterocycles. The highest BCUT2D eigenvalue weighted by Crippen LogP contribution is 2.27. The number of nitrogens with zero attached hydrogens (tertiary/aromatic N) is 1. The minimum Gasteiger partial charge on any atom is -0.544 e. The first-order valence-electron chi connectivity index (χ1n) is 8.81. The maximum atomic E-state index is 11.6. The van der Waals surface area contributed by atoms with Crippen molar-refractivity contribution >= 4 is 17.9 Å². The molecule has 0 radical (unpaired) electrons. The molecule has 7 nitrogen and oxygen atoms in total. The summed E-state index contributed by atoms with van der Waals surface area (Å²) in [6, 6.07) is -3.59. The van der Waals surface area contributed by atoms with Crippen LogP contribution in [0.2, 0.25) is 0 Å². The minimum absolute atomic E-state index is 0.150. The summed E-state index contributed by atoms with van der Waals surface area (Å²) in [6.45, 7) is 6.29. The number of carboxylic acids is 3. The molecule has 0 aromatic carbocycles. The molecular formula is C18H31NO6. The van der Waals surface area contributed by atoms with Gasteiger partial charge < -0.3 is 20.1 Å². The molecule has 0 saturated heterocycles. The third-order valence-electron chi connectivity index (χ3n) is 5.01. The fourth-order valence-corrected chi connectivity index (χ4v) is 3.24. The van der Waals surface area contributed by atoms with E-state index in [1.165, 1.54) is 20.8 Å². The van der Waals surface area contributed by atoms with Gasteiger partial charge in [-0.15, -0.1) is 0 Å². The maximum absolute atomic E-state index is 11.6. The number of hydrogen-bond donors (Lipinski definition) is 2. The number of rotatable bonds is 13. The zero-order valence-corrected chi connectivity index (χ0v) is 15.6. The molecule has 25 heavy (non-hydrogen) atoms. The van der Waals surface area contributed by atoms with E-state index in [0.717, 1.165) is 25.7 Å². The Bertz CT molecular complexity index is 438. The molecule has 0 aromatic heterocycles. The number of carbonyl (C=O) groups excluding carboxylic acids is 1. The van der Waals surface area contributed by atoms with Crippen LogP contribution in [0.4, 0.5) is 0 Å². The molecule has 0 fully saturated rings. The summed E-state index contributed by atoms with van der Waals surface area (Å²) in [5.74, 6) is -3.88. The number of allylic oxidation sites excluding steroid dienone is 2. The van der Waals surface area contributed by atoms with Crippen molar-refractivity contribution in [3.8, 4) is 0 Å². The molecule has 0 bridgehead atoms. The first kappa shape index (κ1) is 23.1. The maximum Gasteiger partial charge on any atom is 0.362 e. The fourth-order valence-electron chi connectivity index (χ4n) is 3.24. The summed E-state index contributed by atoms with van der Waals surface area (Å²) in [7, 11) is 0. The molecule has 144 valence electrons. The van der Waals surface area contributed by atoms with Crippen molar-refractivity contribution in [3.63, 3.8) is 0 Å². The van der Waals surface area contributed by atoms with Gasteiger partial charge in [-0.3, -0.25) is 4.48 Å². The molecule has 0 amide bonds. The van der Waals surface area contributed by atoms with Crippen LogP contribution >= 0.6 is 0 Å². The summed E-state index contributed by atoms with van der Waals surface area (Å²) >= 11 is 0. The van der Waals surface area contributed by atoms with E-state index in [-0.39, 0.29) is 6.54 Å². The Hall–Kier alpha value is -1.89. The summed E-state index contributed by atoms with van der Waals surface area (Å²) in [6.07, 6.45) is 8.23. The smallest absolute Gasteiger partial charge is 0.362 e. The second-order valence-electron chi connectivity index (χ2n) is 6.50. The zero-order chi connectivity index (χ0) is 19.6. The Morgan fingerprint density at radius 3 is 1.80 bits per heavy atom. The summed E-state index contributed by atoms with van der Waals surface area (Å²) in [5.41, 5.74) is 0. The van der Waals surface area contributed by atoms with E-state index in [4.69, 9.17) is 0 Å². The van der Waals surface area contributed by atoms with E-state index >= 15 is 0 Å². The van der Waals surface area contributed by atoms with E-state index in [9.17, 15) is 29.7 Å². The van der Waals surface area contributed by atoms with Crippen LogP contribution < -0.4 is 5.11 Å². The highest BCUT2D eigenvalue weighted by atomic mass is 16.4. The molecular weight excluding hydrogens is 326 g/mol. The molecule has 7 heteroatoms. The Kier molecular flexibility index (Phi) is 10.0. The number of hydrogen-bond acceptors (Lipinski definition) is 4. The molecule has 3 atom stereocenters. The van der Waals surface area contributed by atoms with Crippen LogP contribution in [0.3, 0.4) is 0 Å². The van der Waals surface area contributed by atoms with Gasteiger partial charge in [0.1, 0.15) is 6.04 Å². The van der Waals surface area contributed by atoms with Crippen LogP contribution in [-0.4, -0.2) is 57.3 Å². The Balaban J connectivity index is 5.43. The minimum atomic E-state index is -1.44. The molecule has 0 saturated carbocycles. The molecule has 0 aliphatic heterocycles. The highest BCUT2D eigenvalue weighted by molar-refractivity contribution is 5.76. The van der Waals surface area contributed by atoms with Crippen molar-refractivity contribution in [1.29, 1.82) is 0 Å². The zero-order valence-electron chi connectivity index (χ0n) is 15.6. The standard InChI is InChI=1S/C18H31NO6/c1-5-6-7-8-9-10-11-12-19(13(2)16(20)21,14(3)17(22)23)15(4)18(24)25/h7-8,13-15H,5-6,9-12H2,1-4H3,(H2-,20,21,22,23,24,25)/b8-7+. The van der Waals surface area contributed by atoms with Crippen molar-refractivity contribution in [2.45, 2.75) is 77.9 Å². The van der Waals surface area contributed by atoms with Crippen LogP contribution in [0.1, 0.15) is 59.8 Å². The van der Waals surface area contributed by atoms with Gasteiger partial charge in [-0.2, -0.15) is 0 Å². The molecule has 2 N–H and O–H groups in total. The average molecular weight is 357 g/mol. The molecule has 0 aliphatic rings. The first-order chi connectivity index (χ1) is 11.6. The van der Waals surface area contributed by atoms with Gasteiger partial charge >= 0.3 is 11.9 Å². The third kappa shape index (κ3) is 6.16. The lowest BCUT2D eigenvalue weighted by Crippen LogP contribution is -2.72. The van der Waals surface area contributed by atoms with E-state index in [0.29, 0.717) is 6.42 Å². The fraction of sp³-hybridized carbons (Fsp3) is 0.722. The van der Waals surface area contributed by atoms with Crippen molar-refractivity contribution in [3.05, 3.63) is 12.2 Å². The van der Waals surface area contributed by atoms with Gasteiger partial charge in [0.05, 0.1) is 12.5 Å². The monoisotopic (exact) mass is 357 g/mol. The molecule has 0 aliphatic carbocycles. The van der Waals surface area contributed by atoms with E-state index in [2.05, 4.69) is 13.0 Å². The van der Waals surface area contributed by atoms with Gasteiger partial charge in [0.2, 0.25) is 0 Å². The van der Waals surface area contributed by atoms with Crippen LogP contribution in [0.15, 0.2) is 12.2 Å². The summed E-state index contributed by atoms with van der Waals surface area (Å²) < 4.78 is -0.564. The van der Waals surface area contributed by atoms with E-state index < -0.39 is 40.5 Å². The van der Waals surface area contributed by atoms with Gasteiger partial charge in [-0.05, 0) is 46.5 Å². The van der Waals surface area contributed by atoms with Crippen LogP contribution in [0.5, 0.6) is 0 Å². The molecule has 0 rings (SSSR count). The number of unbranched alkanes of at least 4 members (excludes halogenated alkanes) is 3. The predicted octanol–water partition coefficient (Wildman–Crippen LogP) is 1.41. The van der Waals surface area contributed by atoms with E-state index in [1.54, 1.807) is 0 Å². The lowest BCUT2D eigenvalue weighted by Gasteiger charge is -2.49. The number of aliphatic carboxylic acids is 3. The molecule has 0 aromatic rings. The number of quaternary nitrogens is 1. The SMILES string of the molecule is CCC/C=C/CCCC[N+](C(C)C(=O)[O-])(C(C)C(=O)O)C(C)C(=O)O. The quantitative estimate of drug-likeness (QED) is 0.293. The number of carboxylic acid groups (broad SMARTS) is 3. The highest BCUT2D eigenvalue weighted by Gasteiger charge is 2.50. The van der Waals surface area contributed by atoms with Gasteiger partial charge in [-0.1, -0.05) is 25.5 Å². The van der Waals surface area contributed by atoms with Gasteiger partial charge in [0.25, 0.3) is 0 Å². The van der Waals surface area contributed by atoms with Crippen LogP contribution in [-0.2, 0) is 14.4 Å². The van der Waals surface area contributed by atoms with Gasteiger partial charge in [0.15, 0.2) is 12.1 Å². The Morgan fingerprint density at radius 2 is 1.40 bits per heavy atom. The Morgan fingerprint density at radius 1 is 0.920 bits per heavy atom. The lowest BCUT2D eigenvalue weighted by molar-refractivity contribution is -0.969. The summed E-state index contributed by atoms with van der Waals surface area (Å²) in [4.78, 5) is 34.6. The lowest BCUT2D eigenvalue weighted by atomic mass is 10.0. The first-order valence-corrected chi connectivity index (χ1v) is 8.81. The third-order valence-corrected chi connectivity index (χ3v) is 5.01. The molecule has 3 unspecified atom stereocenters. The second kappa shape index (κ2) is 10.9. The number of carbonyl (C=O) groups is 3. The second-order valence-corrected chi connectivity index (χ2v) is 6.50. The van der Waals surface area contributed by atoms with Gasteiger partial charge in [-0.25, -0.2) is 9.59 Å². The van der Waals surface area contributed by atoms with Crippen molar-refractivity contribution in [1.82, 2.24) is 0 Å².